The van der Waals surface area contributed by atoms with Gasteiger partial charge in [0, 0.05) is 18.1 Å². The second kappa shape index (κ2) is 6.71. The summed E-state index contributed by atoms with van der Waals surface area (Å²) >= 11 is 4.33. The van der Waals surface area contributed by atoms with Crippen LogP contribution in [0.4, 0.5) is 5.13 Å². The second-order valence-corrected chi connectivity index (χ2v) is 7.82. The monoisotopic (exact) mass is 341 g/mol. The minimum absolute atomic E-state index is 0.131. The van der Waals surface area contributed by atoms with Gasteiger partial charge in [0.05, 0.1) is 11.8 Å². The Morgan fingerprint density at radius 1 is 1.48 bits per heavy atom. The van der Waals surface area contributed by atoms with Crippen LogP contribution >= 0.6 is 34.4 Å². The maximum atomic E-state index is 12.5. The lowest BCUT2D eigenvalue weighted by Crippen LogP contribution is -2.39. The Kier molecular flexibility index (Phi) is 4.71. The highest BCUT2D eigenvalue weighted by atomic mass is 32.2. The van der Waals surface area contributed by atoms with Gasteiger partial charge < -0.3 is 10.6 Å². The van der Waals surface area contributed by atoms with Crippen molar-refractivity contribution in [2.24, 2.45) is 0 Å². The number of aromatic nitrogens is 3. The highest BCUT2D eigenvalue weighted by molar-refractivity contribution is 8.01. The Morgan fingerprint density at radius 2 is 2.38 bits per heavy atom. The number of nitrogens with zero attached hydrogens (tertiary/aromatic N) is 4. The first kappa shape index (κ1) is 14.7. The predicted molar refractivity (Wildman–Crippen MR) is 85.5 cm³/mol. The number of carbonyl (C=O) groups excluding carboxylic acids is 1. The quantitative estimate of drug-likeness (QED) is 0.860. The van der Waals surface area contributed by atoms with Crippen molar-refractivity contribution in [3.8, 4) is 0 Å². The zero-order chi connectivity index (χ0) is 14.7. The van der Waals surface area contributed by atoms with Gasteiger partial charge in [0.2, 0.25) is 11.0 Å². The molecule has 0 spiro atoms. The summed E-state index contributed by atoms with van der Waals surface area (Å²) < 4.78 is 0.739. The molecule has 0 aromatic carbocycles. The van der Waals surface area contributed by atoms with Crippen LogP contribution in [-0.4, -0.2) is 38.3 Å². The van der Waals surface area contributed by atoms with E-state index < -0.39 is 0 Å². The average molecular weight is 341 g/mol. The summed E-state index contributed by atoms with van der Waals surface area (Å²) in [5, 5.41) is 11.1. The fourth-order valence-corrected chi connectivity index (χ4v) is 4.68. The predicted octanol–water partition coefficient (Wildman–Crippen LogP) is 2.42. The molecule has 1 atom stereocenters. The number of carbonyl (C=O) groups is 1. The van der Waals surface area contributed by atoms with Crippen LogP contribution in [0.25, 0.3) is 0 Å². The molecule has 1 aliphatic rings. The number of piperidine rings is 1. The highest BCUT2D eigenvalue weighted by Crippen LogP contribution is 2.33. The minimum atomic E-state index is 0.131. The fourth-order valence-electron chi connectivity index (χ4n) is 2.37. The van der Waals surface area contributed by atoms with Gasteiger partial charge in [-0.1, -0.05) is 23.1 Å². The molecule has 112 valence electrons. The third kappa shape index (κ3) is 3.53. The van der Waals surface area contributed by atoms with Crippen molar-refractivity contribution in [3.05, 3.63) is 16.6 Å². The molecule has 3 rings (SSSR count). The second-order valence-electron chi connectivity index (χ2n) is 4.66. The molecule has 1 saturated heterocycles. The van der Waals surface area contributed by atoms with E-state index in [1.807, 2.05) is 10.3 Å². The third-order valence-electron chi connectivity index (χ3n) is 3.30. The van der Waals surface area contributed by atoms with Crippen LogP contribution in [0.2, 0.25) is 0 Å². The van der Waals surface area contributed by atoms with Crippen LogP contribution in [0.3, 0.4) is 0 Å². The number of hydrogen-bond donors (Lipinski definition) is 1. The Balaban J connectivity index is 1.64. The topological polar surface area (TPSA) is 85.0 Å². The van der Waals surface area contributed by atoms with Crippen molar-refractivity contribution in [2.45, 2.75) is 29.6 Å². The summed E-state index contributed by atoms with van der Waals surface area (Å²) in [6.45, 7) is 0.807. The lowest BCUT2D eigenvalue weighted by atomic mass is 10.0. The van der Waals surface area contributed by atoms with Gasteiger partial charge in [0.25, 0.3) is 0 Å². The number of nitrogens with two attached hydrogens (primary N) is 1. The zero-order valence-electron chi connectivity index (χ0n) is 11.3. The van der Waals surface area contributed by atoms with Crippen molar-refractivity contribution in [1.29, 1.82) is 0 Å². The first-order valence-corrected chi connectivity index (χ1v) is 9.33. The molecule has 2 aromatic heterocycles. The van der Waals surface area contributed by atoms with Gasteiger partial charge in [-0.25, -0.2) is 4.98 Å². The number of likely N-dealkylation sites (tertiary alicyclic amines) is 1. The van der Waals surface area contributed by atoms with E-state index in [-0.39, 0.29) is 11.9 Å². The van der Waals surface area contributed by atoms with Gasteiger partial charge in [-0.05, 0) is 19.3 Å². The van der Waals surface area contributed by atoms with Crippen molar-refractivity contribution < 1.29 is 4.79 Å². The molecule has 2 aromatic rings. The zero-order valence-corrected chi connectivity index (χ0v) is 13.7. The smallest absolute Gasteiger partial charge is 0.233 e. The molecule has 1 aliphatic heterocycles. The molecule has 2 N–H and O–H groups in total. The standard InChI is InChI=1S/C12H15N5OS3/c13-11-15-16-12(21-11)20-7-9(18)17-5-2-1-3-8(17)10-14-4-6-19-10/h4,6,8H,1-3,5,7H2,(H2,13,15). The van der Waals surface area contributed by atoms with Crippen LogP contribution in [0.15, 0.2) is 15.9 Å². The van der Waals surface area contributed by atoms with Gasteiger partial charge in [-0.3, -0.25) is 4.79 Å². The molecule has 3 heterocycles. The molecular weight excluding hydrogens is 326 g/mol. The summed E-state index contributed by atoms with van der Waals surface area (Å²) in [5.74, 6) is 0.505. The maximum absolute atomic E-state index is 12.5. The molecule has 0 saturated carbocycles. The van der Waals surface area contributed by atoms with E-state index in [2.05, 4.69) is 15.2 Å². The van der Waals surface area contributed by atoms with Gasteiger partial charge in [0.1, 0.15) is 5.01 Å². The maximum Gasteiger partial charge on any atom is 0.233 e. The minimum Gasteiger partial charge on any atom is -0.374 e. The Hall–Kier alpha value is -1.19. The molecule has 0 aliphatic carbocycles. The number of hydrogen-bond acceptors (Lipinski definition) is 8. The van der Waals surface area contributed by atoms with E-state index in [4.69, 9.17) is 5.73 Å². The Labute approximate surface area is 134 Å². The fraction of sp³-hybridized carbons (Fsp3) is 0.500. The molecule has 1 fully saturated rings. The van der Waals surface area contributed by atoms with Crippen LogP contribution < -0.4 is 5.73 Å². The van der Waals surface area contributed by atoms with Crippen LogP contribution in [0.1, 0.15) is 30.3 Å². The first-order valence-electron chi connectivity index (χ1n) is 6.64. The van der Waals surface area contributed by atoms with Crippen molar-refractivity contribution in [2.75, 3.05) is 18.0 Å². The van der Waals surface area contributed by atoms with E-state index >= 15 is 0 Å². The molecule has 1 unspecified atom stereocenters. The first-order chi connectivity index (χ1) is 10.2. The molecule has 0 bridgehead atoms. The number of amides is 1. The van der Waals surface area contributed by atoms with Crippen molar-refractivity contribution >= 4 is 45.5 Å². The molecule has 0 radical (unpaired) electrons. The van der Waals surface area contributed by atoms with Gasteiger partial charge in [-0.2, -0.15) is 0 Å². The molecule has 21 heavy (non-hydrogen) atoms. The van der Waals surface area contributed by atoms with E-state index in [1.54, 1.807) is 17.5 Å². The number of rotatable bonds is 4. The largest absolute Gasteiger partial charge is 0.374 e. The normalized spacial score (nSPS) is 18.9. The molecule has 9 heteroatoms. The van der Waals surface area contributed by atoms with E-state index in [9.17, 15) is 4.79 Å². The van der Waals surface area contributed by atoms with Crippen molar-refractivity contribution in [3.63, 3.8) is 0 Å². The summed E-state index contributed by atoms with van der Waals surface area (Å²) in [5.41, 5.74) is 5.54. The lowest BCUT2D eigenvalue weighted by Gasteiger charge is -2.34. The summed E-state index contributed by atoms with van der Waals surface area (Å²) in [7, 11) is 0. The van der Waals surface area contributed by atoms with Crippen LogP contribution in [-0.2, 0) is 4.79 Å². The third-order valence-corrected chi connectivity index (χ3v) is 6.05. The van der Waals surface area contributed by atoms with Gasteiger partial charge in [0.15, 0.2) is 4.34 Å². The summed E-state index contributed by atoms with van der Waals surface area (Å²) in [4.78, 5) is 18.8. The lowest BCUT2D eigenvalue weighted by molar-refractivity contribution is -0.132. The molecule has 1 amide bonds. The van der Waals surface area contributed by atoms with Crippen LogP contribution in [0, 0.1) is 0 Å². The number of anilines is 1. The number of nitrogen functional groups attached to an aromatic ring is 1. The van der Waals surface area contributed by atoms with Crippen molar-refractivity contribution in [1.82, 2.24) is 20.1 Å². The summed E-state index contributed by atoms with van der Waals surface area (Å²) in [6, 6.07) is 0.131. The summed E-state index contributed by atoms with van der Waals surface area (Å²) in [6.07, 6.45) is 5.00. The number of thioether (sulfide) groups is 1. The average Bonchev–Trinajstić information content (AvgIpc) is 3.16. The van der Waals surface area contributed by atoms with Gasteiger partial charge in [-0.15, -0.1) is 21.5 Å². The van der Waals surface area contributed by atoms with Crippen LogP contribution in [0.5, 0.6) is 0 Å². The number of thiazole rings is 1. The van der Waals surface area contributed by atoms with E-state index in [0.717, 1.165) is 35.2 Å². The SMILES string of the molecule is Nc1nnc(SCC(=O)N2CCCCC2c2nccs2)s1. The highest BCUT2D eigenvalue weighted by Gasteiger charge is 2.29. The van der Waals surface area contributed by atoms with Gasteiger partial charge >= 0.3 is 0 Å². The van der Waals surface area contributed by atoms with E-state index in [0.29, 0.717) is 10.9 Å². The molecular formula is C12H15N5OS3. The molecule has 6 nitrogen and oxygen atoms in total. The van der Waals surface area contributed by atoms with E-state index in [1.165, 1.54) is 23.1 Å². The Morgan fingerprint density at radius 3 is 3.10 bits per heavy atom. The Bertz CT molecular complexity index is 600.